The molecular formula is C27H30N4O2S. The summed E-state index contributed by atoms with van der Waals surface area (Å²) >= 11 is 1.68. The lowest BCUT2D eigenvalue weighted by Gasteiger charge is -2.10. The van der Waals surface area contributed by atoms with Crippen molar-refractivity contribution < 1.29 is 9.53 Å². The number of ether oxygens (including phenoxy) is 1. The highest BCUT2D eigenvalue weighted by atomic mass is 32.2. The Balaban J connectivity index is 1.45. The molecule has 0 bridgehead atoms. The summed E-state index contributed by atoms with van der Waals surface area (Å²) in [5.41, 5.74) is 4.94. The summed E-state index contributed by atoms with van der Waals surface area (Å²) in [7, 11) is 1.67. The standard InChI is InChI=1S/C27H30N4O2S/c1-19(2)12-15-29-26(32)22-8-4-21(5-9-22)18-34-27-30-24-13-14-28-16-25(24)31(27)17-20-6-10-23(33-3)11-7-20/h4-11,13-14,16,19H,12,15,17-18H2,1-3H3,(H,29,32). The lowest BCUT2D eigenvalue weighted by atomic mass is 10.1. The molecule has 0 saturated carbocycles. The number of fused-ring (bicyclic) bond motifs is 1. The van der Waals surface area contributed by atoms with E-state index >= 15 is 0 Å². The zero-order valence-corrected chi connectivity index (χ0v) is 20.6. The number of rotatable bonds is 10. The van der Waals surface area contributed by atoms with Gasteiger partial charge in [-0.05, 0) is 53.8 Å². The van der Waals surface area contributed by atoms with E-state index in [9.17, 15) is 4.79 Å². The Morgan fingerprint density at radius 3 is 2.50 bits per heavy atom. The molecule has 0 unspecified atom stereocenters. The molecule has 0 atom stereocenters. The fourth-order valence-corrected chi connectivity index (χ4v) is 4.57. The lowest BCUT2D eigenvalue weighted by Crippen LogP contribution is -2.25. The molecule has 0 aliphatic carbocycles. The number of methoxy groups -OCH3 is 1. The van der Waals surface area contributed by atoms with Crippen molar-refractivity contribution in [1.29, 1.82) is 0 Å². The van der Waals surface area contributed by atoms with Gasteiger partial charge in [0, 0.05) is 24.1 Å². The number of nitrogens with zero attached hydrogens (tertiary/aromatic N) is 3. The molecule has 7 heteroatoms. The third-order valence-electron chi connectivity index (χ3n) is 5.61. The topological polar surface area (TPSA) is 69.0 Å². The van der Waals surface area contributed by atoms with E-state index in [2.05, 4.69) is 40.8 Å². The quantitative estimate of drug-likeness (QED) is 0.305. The van der Waals surface area contributed by atoms with Crippen LogP contribution in [0.1, 0.15) is 41.8 Å². The number of nitrogens with one attached hydrogen (secondary N) is 1. The number of imidazole rings is 1. The Kier molecular flexibility index (Phi) is 7.85. The maximum atomic E-state index is 12.3. The van der Waals surface area contributed by atoms with Crippen molar-refractivity contribution >= 4 is 28.7 Å². The van der Waals surface area contributed by atoms with Gasteiger partial charge in [0.05, 0.1) is 30.9 Å². The lowest BCUT2D eigenvalue weighted by molar-refractivity contribution is 0.0952. The van der Waals surface area contributed by atoms with E-state index in [1.807, 2.05) is 48.7 Å². The number of benzene rings is 2. The minimum Gasteiger partial charge on any atom is -0.497 e. The minimum absolute atomic E-state index is 0.0198. The molecule has 2 heterocycles. The first-order valence-electron chi connectivity index (χ1n) is 11.5. The summed E-state index contributed by atoms with van der Waals surface area (Å²) in [6.45, 7) is 5.71. The van der Waals surface area contributed by atoms with Gasteiger partial charge < -0.3 is 14.6 Å². The average Bonchev–Trinajstić information content (AvgIpc) is 3.20. The van der Waals surface area contributed by atoms with Crippen LogP contribution in [-0.2, 0) is 12.3 Å². The first kappa shape index (κ1) is 23.8. The Labute approximate surface area is 204 Å². The van der Waals surface area contributed by atoms with Crippen LogP contribution in [-0.4, -0.2) is 34.1 Å². The molecule has 6 nitrogen and oxygen atoms in total. The number of aromatic nitrogens is 3. The van der Waals surface area contributed by atoms with Gasteiger partial charge in [0.15, 0.2) is 5.16 Å². The average molecular weight is 475 g/mol. The van der Waals surface area contributed by atoms with Gasteiger partial charge in [-0.15, -0.1) is 0 Å². The minimum atomic E-state index is -0.0198. The van der Waals surface area contributed by atoms with Crippen LogP contribution in [0.4, 0.5) is 0 Å². The van der Waals surface area contributed by atoms with E-state index in [0.29, 0.717) is 24.6 Å². The predicted octanol–water partition coefficient (Wildman–Crippen LogP) is 5.56. The first-order valence-corrected chi connectivity index (χ1v) is 12.4. The zero-order chi connectivity index (χ0) is 23.9. The monoisotopic (exact) mass is 474 g/mol. The first-order chi connectivity index (χ1) is 16.5. The predicted molar refractivity (Wildman–Crippen MR) is 137 cm³/mol. The van der Waals surface area contributed by atoms with Gasteiger partial charge in [-0.2, -0.15) is 0 Å². The van der Waals surface area contributed by atoms with Crippen molar-refractivity contribution in [3.63, 3.8) is 0 Å². The molecule has 0 aliphatic heterocycles. The Morgan fingerprint density at radius 1 is 1.06 bits per heavy atom. The molecule has 4 rings (SSSR count). The highest BCUT2D eigenvalue weighted by Gasteiger charge is 2.13. The van der Waals surface area contributed by atoms with E-state index in [1.54, 1.807) is 25.1 Å². The highest BCUT2D eigenvalue weighted by Crippen LogP contribution is 2.28. The van der Waals surface area contributed by atoms with Crippen molar-refractivity contribution in [1.82, 2.24) is 19.9 Å². The molecule has 1 amide bonds. The molecule has 0 fully saturated rings. The molecular weight excluding hydrogens is 444 g/mol. The van der Waals surface area contributed by atoms with Crippen LogP contribution in [0.5, 0.6) is 5.75 Å². The summed E-state index contributed by atoms with van der Waals surface area (Å²) < 4.78 is 7.48. The fourth-order valence-electron chi connectivity index (χ4n) is 3.60. The summed E-state index contributed by atoms with van der Waals surface area (Å²) in [5, 5.41) is 3.93. The second kappa shape index (κ2) is 11.2. The van der Waals surface area contributed by atoms with Gasteiger partial charge in [0.1, 0.15) is 5.75 Å². The van der Waals surface area contributed by atoms with Crippen LogP contribution >= 0.6 is 11.8 Å². The second-order valence-corrected chi connectivity index (χ2v) is 9.56. The van der Waals surface area contributed by atoms with Gasteiger partial charge in [0.2, 0.25) is 0 Å². The van der Waals surface area contributed by atoms with Crippen molar-refractivity contribution in [3.8, 4) is 5.75 Å². The number of carbonyl (C=O) groups excluding carboxylic acids is 1. The van der Waals surface area contributed by atoms with Crippen LogP contribution in [0.15, 0.2) is 72.1 Å². The highest BCUT2D eigenvalue weighted by molar-refractivity contribution is 7.98. The molecule has 0 spiro atoms. The molecule has 0 saturated heterocycles. The third kappa shape index (κ3) is 5.97. The van der Waals surface area contributed by atoms with Crippen molar-refractivity contribution in [2.45, 2.75) is 37.7 Å². The molecule has 0 aliphatic rings. The number of thioether (sulfide) groups is 1. The summed E-state index contributed by atoms with van der Waals surface area (Å²) in [5.74, 6) is 2.15. The zero-order valence-electron chi connectivity index (χ0n) is 19.8. The second-order valence-electron chi connectivity index (χ2n) is 8.62. The third-order valence-corrected chi connectivity index (χ3v) is 6.65. The largest absolute Gasteiger partial charge is 0.497 e. The van der Waals surface area contributed by atoms with Crippen LogP contribution in [0, 0.1) is 5.92 Å². The summed E-state index contributed by atoms with van der Waals surface area (Å²) in [6, 6.07) is 17.8. The van der Waals surface area contributed by atoms with E-state index in [0.717, 1.165) is 39.7 Å². The number of amides is 1. The normalized spacial score (nSPS) is 11.2. The van der Waals surface area contributed by atoms with Gasteiger partial charge in [-0.25, -0.2) is 4.98 Å². The molecule has 2 aromatic carbocycles. The Bertz CT molecular complexity index is 1230. The maximum Gasteiger partial charge on any atom is 0.251 e. The SMILES string of the molecule is COc1ccc(Cn2c(SCc3ccc(C(=O)NCCC(C)C)cc3)nc3ccncc32)cc1. The van der Waals surface area contributed by atoms with E-state index < -0.39 is 0 Å². The fraction of sp³-hybridized carbons (Fsp3) is 0.296. The molecule has 0 radical (unpaired) electrons. The molecule has 4 aromatic rings. The summed E-state index contributed by atoms with van der Waals surface area (Å²) in [6.07, 6.45) is 4.61. The van der Waals surface area contributed by atoms with Crippen LogP contribution < -0.4 is 10.1 Å². The van der Waals surface area contributed by atoms with Gasteiger partial charge in [-0.3, -0.25) is 9.78 Å². The van der Waals surface area contributed by atoms with E-state index in [4.69, 9.17) is 9.72 Å². The van der Waals surface area contributed by atoms with Crippen molar-refractivity contribution in [2.24, 2.45) is 5.92 Å². The Hall–Kier alpha value is -3.32. The van der Waals surface area contributed by atoms with Crippen molar-refractivity contribution in [2.75, 3.05) is 13.7 Å². The number of pyridine rings is 1. The van der Waals surface area contributed by atoms with Crippen molar-refractivity contribution in [3.05, 3.63) is 83.7 Å². The van der Waals surface area contributed by atoms with Gasteiger partial charge in [-0.1, -0.05) is 49.9 Å². The maximum absolute atomic E-state index is 12.3. The smallest absolute Gasteiger partial charge is 0.251 e. The van der Waals surface area contributed by atoms with E-state index in [1.165, 1.54) is 5.56 Å². The van der Waals surface area contributed by atoms with Crippen LogP contribution in [0.2, 0.25) is 0 Å². The summed E-state index contributed by atoms with van der Waals surface area (Å²) in [4.78, 5) is 21.5. The molecule has 176 valence electrons. The van der Waals surface area contributed by atoms with Gasteiger partial charge in [0.25, 0.3) is 5.91 Å². The molecule has 34 heavy (non-hydrogen) atoms. The van der Waals surface area contributed by atoms with E-state index in [-0.39, 0.29) is 5.91 Å². The number of carbonyl (C=O) groups is 1. The van der Waals surface area contributed by atoms with Crippen LogP contribution in [0.3, 0.4) is 0 Å². The number of hydrogen-bond donors (Lipinski definition) is 1. The van der Waals surface area contributed by atoms with Crippen LogP contribution in [0.25, 0.3) is 11.0 Å². The number of hydrogen-bond acceptors (Lipinski definition) is 5. The molecule has 2 aromatic heterocycles. The van der Waals surface area contributed by atoms with Gasteiger partial charge >= 0.3 is 0 Å². The molecule has 1 N–H and O–H groups in total. The Morgan fingerprint density at radius 2 is 1.79 bits per heavy atom.